The highest BCUT2D eigenvalue weighted by Crippen LogP contribution is 2.25. The van der Waals surface area contributed by atoms with Gasteiger partial charge in [-0.05, 0) is 72.6 Å². The monoisotopic (exact) mass is 448 g/mol. The van der Waals surface area contributed by atoms with Crippen LogP contribution in [-0.2, 0) is 0 Å². The molecule has 0 atom stereocenters. The van der Waals surface area contributed by atoms with Crippen LogP contribution in [0.15, 0.2) is 72.8 Å². The van der Waals surface area contributed by atoms with Crippen molar-refractivity contribution in [3.63, 3.8) is 0 Å². The molecule has 0 saturated heterocycles. The van der Waals surface area contributed by atoms with Gasteiger partial charge in [0.25, 0.3) is 5.91 Å². The van der Waals surface area contributed by atoms with E-state index in [4.69, 9.17) is 4.74 Å². The molecule has 0 fully saturated rings. The van der Waals surface area contributed by atoms with Crippen molar-refractivity contribution in [1.29, 1.82) is 0 Å². The molecule has 3 aromatic carbocycles. The molecule has 168 valence electrons. The van der Waals surface area contributed by atoms with E-state index in [1.165, 1.54) is 36.4 Å². The first-order valence-electron chi connectivity index (χ1n) is 10.4. The Kier molecular flexibility index (Phi) is 6.44. The number of amides is 1. The molecule has 1 amide bonds. The average Bonchev–Trinajstić information content (AvgIpc) is 3.23. The Balaban J connectivity index is 1.60. The van der Waals surface area contributed by atoms with Gasteiger partial charge < -0.3 is 10.1 Å². The van der Waals surface area contributed by atoms with Crippen LogP contribution in [-0.4, -0.2) is 27.3 Å². The molecule has 0 saturated carbocycles. The van der Waals surface area contributed by atoms with Crippen LogP contribution in [0.5, 0.6) is 6.01 Å². The minimum absolute atomic E-state index is 0.214. The number of hydrogen-bond acceptors (Lipinski definition) is 4. The van der Waals surface area contributed by atoms with Crippen LogP contribution >= 0.6 is 0 Å². The van der Waals surface area contributed by atoms with Gasteiger partial charge in [0.2, 0.25) is 0 Å². The van der Waals surface area contributed by atoms with Gasteiger partial charge in [0.1, 0.15) is 11.6 Å². The van der Waals surface area contributed by atoms with Crippen LogP contribution < -0.4 is 10.1 Å². The number of benzene rings is 3. The number of halogens is 2. The summed E-state index contributed by atoms with van der Waals surface area (Å²) in [5.74, 6) is -0.454. The topological polar surface area (TPSA) is 69.0 Å². The summed E-state index contributed by atoms with van der Waals surface area (Å²) in [6.07, 6.45) is 0. The van der Waals surface area contributed by atoms with Crippen molar-refractivity contribution in [2.75, 3.05) is 11.9 Å². The van der Waals surface area contributed by atoms with Crippen molar-refractivity contribution in [3.8, 4) is 23.1 Å². The maximum atomic E-state index is 13.4. The molecule has 0 aliphatic carbocycles. The lowest BCUT2D eigenvalue weighted by molar-refractivity contribution is 0.102. The van der Waals surface area contributed by atoms with Crippen LogP contribution in [0.3, 0.4) is 0 Å². The van der Waals surface area contributed by atoms with Crippen molar-refractivity contribution in [1.82, 2.24) is 14.8 Å². The van der Waals surface area contributed by atoms with E-state index < -0.39 is 11.7 Å². The zero-order chi connectivity index (χ0) is 23.4. The summed E-state index contributed by atoms with van der Waals surface area (Å²) in [6.45, 7) is 4.50. The van der Waals surface area contributed by atoms with Gasteiger partial charge in [-0.15, -0.1) is 5.10 Å². The second-order valence-corrected chi connectivity index (χ2v) is 7.85. The van der Waals surface area contributed by atoms with Gasteiger partial charge in [-0.3, -0.25) is 4.79 Å². The molecule has 0 spiro atoms. The van der Waals surface area contributed by atoms with Crippen molar-refractivity contribution >= 4 is 11.6 Å². The van der Waals surface area contributed by atoms with E-state index in [9.17, 15) is 13.6 Å². The third-order valence-corrected chi connectivity index (χ3v) is 4.69. The Morgan fingerprint density at radius 2 is 1.73 bits per heavy atom. The predicted molar refractivity (Wildman–Crippen MR) is 121 cm³/mol. The summed E-state index contributed by atoms with van der Waals surface area (Å²) in [6, 6.07) is 18.6. The molecule has 1 heterocycles. The van der Waals surface area contributed by atoms with Crippen molar-refractivity contribution in [3.05, 3.63) is 90.0 Å². The second-order valence-electron chi connectivity index (χ2n) is 7.85. The van der Waals surface area contributed by atoms with Gasteiger partial charge >= 0.3 is 6.01 Å². The van der Waals surface area contributed by atoms with Crippen molar-refractivity contribution < 1.29 is 18.3 Å². The van der Waals surface area contributed by atoms with E-state index in [1.54, 1.807) is 41.1 Å². The second kappa shape index (κ2) is 9.60. The van der Waals surface area contributed by atoms with Crippen molar-refractivity contribution in [2.24, 2.45) is 5.92 Å². The average molecular weight is 448 g/mol. The molecule has 8 heteroatoms. The van der Waals surface area contributed by atoms with Crippen LogP contribution in [0.4, 0.5) is 14.5 Å². The molecule has 0 unspecified atom stereocenters. The van der Waals surface area contributed by atoms with E-state index >= 15 is 0 Å². The lowest BCUT2D eigenvalue weighted by atomic mass is 10.2. The summed E-state index contributed by atoms with van der Waals surface area (Å²) in [7, 11) is 0. The highest BCUT2D eigenvalue weighted by atomic mass is 19.1. The van der Waals surface area contributed by atoms with E-state index in [2.05, 4.69) is 15.4 Å². The Hall–Kier alpha value is -4.07. The molecule has 4 rings (SSSR count). The standard InChI is InChI=1S/C25H22F2N4O2/c1-16(2)15-33-25-29-23(17-6-8-19(26)9-7-17)31(30-25)22-12-10-21(11-13-22)28-24(32)18-4-3-5-20(27)14-18/h3-14,16H,15H2,1-2H3,(H,28,32). The summed E-state index contributed by atoms with van der Waals surface area (Å²) in [5, 5.41) is 7.20. The zero-order valence-corrected chi connectivity index (χ0v) is 18.1. The number of carbonyl (C=O) groups is 1. The zero-order valence-electron chi connectivity index (χ0n) is 18.1. The fourth-order valence-corrected chi connectivity index (χ4v) is 3.08. The molecule has 0 aliphatic rings. The van der Waals surface area contributed by atoms with Crippen molar-refractivity contribution in [2.45, 2.75) is 13.8 Å². The van der Waals surface area contributed by atoms with Crippen LogP contribution in [0.1, 0.15) is 24.2 Å². The minimum atomic E-state index is -0.479. The normalized spacial score (nSPS) is 10.9. The minimum Gasteiger partial charge on any atom is -0.462 e. The molecule has 1 N–H and O–H groups in total. The highest BCUT2D eigenvalue weighted by molar-refractivity contribution is 6.04. The molecule has 6 nitrogen and oxygen atoms in total. The Morgan fingerprint density at radius 3 is 2.39 bits per heavy atom. The first kappa shape index (κ1) is 22.1. The number of rotatable bonds is 7. The maximum absolute atomic E-state index is 13.4. The third kappa shape index (κ3) is 5.41. The molecule has 1 aromatic heterocycles. The SMILES string of the molecule is CC(C)COc1nc(-c2ccc(F)cc2)n(-c2ccc(NC(=O)c3cccc(F)c3)cc2)n1. The van der Waals surface area contributed by atoms with E-state index in [0.29, 0.717) is 35.3 Å². The molecule has 0 radical (unpaired) electrons. The molecule has 0 aliphatic heterocycles. The predicted octanol–water partition coefficient (Wildman–Crippen LogP) is 5.50. The number of aromatic nitrogens is 3. The summed E-state index contributed by atoms with van der Waals surface area (Å²) in [5.41, 5.74) is 2.10. The summed E-state index contributed by atoms with van der Waals surface area (Å²) < 4.78 is 34.1. The number of carbonyl (C=O) groups excluding carboxylic acids is 1. The molecular weight excluding hydrogens is 426 g/mol. The third-order valence-electron chi connectivity index (χ3n) is 4.69. The van der Waals surface area contributed by atoms with Crippen LogP contribution in [0.2, 0.25) is 0 Å². The number of nitrogens with zero attached hydrogens (tertiary/aromatic N) is 3. The van der Waals surface area contributed by atoms with E-state index in [1.807, 2.05) is 13.8 Å². The smallest absolute Gasteiger partial charge is 0.336 e. The number of anilines is 1. The van der Waals surface area contributed by atoms with Gasteiger partial charge in [0.05, 0.1) is 12.3 Å². The fourth-order valence-electron chi connectivity index (χ4n) is 3.08. The molecule has 33 heavy (non-hydrogen) atoms. The highest BCUT2D eigenvalue weighted by Gasteiger charge is 2.16. The largest absolute Gasteiger partial charge is 0.462 e. The molecule has 0 bridgehead atoms. The van der Waals surface area contributed by atoms with E-state index in [0.717, 1.165) is 0 Å². The van der Waals surface area contributed by atoms with Gasteiger partial charge in [-0.1, -0.05) is 19.9 Å². The summed E-state index contributed by atoms with van der Waals surface area (Å²) in [4.78, 5) is 16.8. The number of ether oxygens (including phenoxy) is 1. The van der Waals surface area contributed by atoms with Gasteiger partial charge in [-0.2, -0.15) is 4.98 Å². The van der Waals surface area contributed by atoms with Gasteiger partial charge in [0, 0.05) is 16.8 Å². The van der Waals surface area contributed by atoms with E-state index in [-0.39, 0.29) is 17.4 Å². The lowest BCUT2D eigenvalue weighted by Gasteiger charge is -2.09. The van der Waals surface area contributed by atoms with Crippen LogP contribution in [0.25, 0.3) is 17.1 Å². The lowest BCUT2D eigenvalue weighted by Crippen LogP contribution is -2.12. The maximum Gasteiger partial charge on any atom is 0.336 e. The first-order chi connectivity index (χ1) is 15.9. The fraction of sp³-hybridized carbons (Fsp3) is 0.160. The van der Waals surface area contributed by atoms with Gasteiger partial charge in [-0.25, -0.2) is 13.5 Å². The first-order valence-corrected chi connectivity index (χ1v) is 10.4. The Morgan fingerprint density at radius 1 is 1.00 bits per heavy atom. The number of nitrogens with one attached hydrogen (secondary N) is 1. The quantitative estimate of drug-likeness (QED) is 0.405. The van der Waals surface area contributed by atoms with Gasteiger partial charge in [0.15, 0.2) is 5.82 Å². The van der Waals surface area contributed by atoms with Crippen LogP contribution in [0, 0.1) is 17.6 Å². The number of hydrogen-bond donors (Lipinski definition) is 1. The Bertz CT molecular complexity index is 1250. The Labute approximate surface area is 189 Å². The molecule has 4 aromatic rings. The summed E-state index contributed by atoms with van der Waals surface area (Å²) >= 11 is 0. The molecular formula is C25H22F2N4O2.